The Balaban J connectivity index is 1.81. The van der Waals surface area contributed by atoms with Crippen molar-refractivity contribution < 1.29 is 27.2 Å². The summed E-state index contributed by atoms with van der Waals surface area (Å²) >= 11 is 0. The number of terminal acetylenes is 1. The number of fused-ring (bicyclic) bond motifs is 1. The summed E-state index contributed by atoms with van der Waals surface area (Å²) in [6.45, 7) is 1.59. The minimum absolute atomic E-state index is 0.00714. The van der Waals surface area contributed by atoms with Crippen LogP contribution in [0, 0.1) is 18.2 Å². The minimum Gasteiger partial charge on any atom is -0.350 e. The van der Waals surface area contributed by atoms with Crippen molar-refractivity contribution in [2.45, 2.75) is 50.2 Å². The number of halogens is 1. The molecule has 1 aliphatic rings. The third kappa shape index (κ3) is 4.82. The molecule has 2 unspecified atom stereocenters. The quantitative estimate of drug-likeness (QED) is 0.484. The molecule has 1 N–H and O–H groups in total. The predicted octanol–water partition coefficient (Wildman–Crippen LogP) is 1.28. The number of carbonyl (C=O) groups is 1. The van der Waals surface area contributed by atoms with Crippen molar-refractivity contribution >= 4 is 26.6 Å². The number of hydrogen-bond donors (Lipinski definition) is 1. The molecule has 2 heterocycles. The standard InChI is InChI=1S/C21H24FN3O6S/c1-4-14-11-17-15(12-16(14)22)19(26)25(13-23-17)9-8-21(2,32(3,28)29)20(27)24-31-18-7-5-6-10-30-18/h1,11-13,18H,5-10H2,2-3H3,(H,24,27). The summed E-state index contributed by atoms with van der Waals surface area (Å²) in [6, 6.07) is 2.28. The van der Waals surface area contributed by atoms with Gasteiger partial charge in [-0.1, -0.05) is 5.92 Å². The van der Waals surface area contributed by atoms with Crippen LogP contribution in [0.25, 0.3) is 10.9 Å². The molecule has 172 valence electrons. The van der Waals surface area contributed by atoms with Crippen molar-refractivity contribution in [3.63, 3.8) is 0 Å². The highest BCUT2D eigenvalue weighted by Crippen LogP contribution is 2.23. The summed E-state index contributed by atoms with van der Waals surface area (Å²) in [5, 5.41) is -0.00714. The molecule has 11 heteroatoms. The summed E-state index contributed by atoms with van der Waals surface area (Å²) < 4.78 is 43.5. The largest absolute Gasteiger partial charge is 0.350 e. The molecule has 9 nitrogen and oxygen atoms in total. The zero-order valence-electron chi connectivity index (χ0n) is 17.8. The lowest BCUT2D eigenvalue weighted by atomic mass is 10.1. The van der Waals surface area contributed by atoms with Gasteiger partial charge in [-0.15, -0.1) is 6.42 Å². The van der Waals surface area contributed by atoms with Gasteiger partial charge in [0.15, 0.2) is 20.9 Å². The minimum atomic E-state index is -3.91. The molecule has 1 saturated heterocycles. The number of benzene rings is 1. The molecule has 0 saturated carbocycles. The molecule has 0 aliphatic carbocycles. The first-order valence-electron chi connectivity index (χ1n) is 9.99. The maximum Gasteiger partial charge on any atom is 0.264 e. The van der Waals surface area contributed by atoms with Gasteiger partial charge in [-0.05, 0) is 38.3 Å². The molecular formula is C21H24FN3O6S. The number of amides is 1. The van der Waals surface area contributed by atoms with Crippen LogP contribution in [0.1, 0.15) is 38.2 Å². The van der Waals surface area contributed by atoms with Crippen LogP contribution in [-0.2, 0) is 30.8 Å². The van der Waals surface area contributed by atoms with Gasteiger partial charge in [-0.3, -0.25) is 14.2 Å². The second-order valence-corrected chi connectivity index (χ2v) is 10.3. The summed E-state index contributed by atoms with van der Waals surface area (Å²) in [5.74, 6) is 0.564. The third-order valence-corrected chi connectivity index (χ3v) is 7.64. The van der Waals surface area contributed by atoms with Crippen molar-refractivity contribution in [1.29, 1.82) is 0 Å². The van der Waals surface area contributed by atoms with E-state index in [1.165, 1.54) is 19.3 Å². The van der Waals surface area contributed by atoms with E-state index in [1.54, 1.807) is 0 Å². The molecule has 3 rings (SSSR count). The van der Waals surface area contributed by atoms with Gasteiger partial charge < -0.3 is 4.74 Å². The van der Waals surface area contributed by atoms with E-state index in [4.69, 9.17) is 16.0 Å². The van der Waals surface area contributed by atoms with Crippen LogP contribution < -0.4 is 11.0 Å². The van der Waals surface area contributed by atoms with Crippen molar-refractivity contribution in [1.82, 2.24) is 15.0 Å². The van der Waals surface area contributed by atoms with E-state index >= 15 is 0 Å². The van der Waals surface area contributed by atoms with Crippen molar-refractivity contribution in [2.24, 2.45) is 0 Å². The highest BCUT2D eigenvalue weighted by Gasteiger charge is 2.44. The monoisotopic (exact) mass is 465 g/mol. The second kappa shape index (κ2) is 9.36. The van der Waals surface area contributed by atoms with Gasteiger partial charge in [0.1, 0.15) is 5.82 Å². The highest BCUT2D eigenvalue weighted by molar-refractivity contribution is 7.92. The van der Waals surface area contributed by atoms with Crippen LogP contribution in [-0.4, -0.2) is 47.8 Å². The second-order valence-electron chi connectivity index (χ2n) is 7.83. The lowest BCUT2D eigenvalue weighted by Gasteiger charge is -2.28. The number of hydroxylamine groups is 1. The van der Waals surface area contributed by atoms with E-state index < -0.39 is 38.2 Å². The fourth-order valence-electron chi connectivity index (χ4n) is 3.28. The lowest BCUT2D eigenvalue weighted by molar-refractivity contribution is -0.201. The Morgan fingerprint density at radius 1 is 1.47 bits per heavy atom. The molecule has 1 aromatic carbocycles. The van der Waals surface area contributed by atoms with Gasteiger partial charge in [-0.2, -0.15) is 0 Å². The maximum absolute atomic E-state index is 14.0. The average Bonchev–Trinajstić information content (AvgIpc) is 2.76. The molecule has 0 spiro atoms. The number of carbonyl (C=O) groups excluding carboxylic acids is 1. The highest BCUT2D eigenvalue weighted by atomic mass is 32.2. The number of sulfone groups is 1. The van der Waals surface area contributed by atoms with Gasteiger partial charge in [0.25, 0.3) is 11.5 Å². The first-order valence-corrected chi connectivity index (χ1v) is 11.9. The van der Waals surface area contributed by atoms with Gasteiger partial charge >= 0.3 is 0 Å². The normalized spacial score (nSPS) is 18.6. The molecule has 1 amide bonds. The molecule has 1 fully saturated rings. The fourth-order valence-corrected chi connectivity index (χ4v) is 4.12. The Morgan fingerprint density at radius 2 is 2.22 bits per heavy atom. The van der Waals surface area contributed by atoms with E-state index in [2.05, 4.69) is 16.4 Å². The van der Waals surface area contributed by atoms with Crippen molar-refractivity contribution in [3.8, 4) is 12.3 Å². The van der Waals surface area contributed by atoms with Crippen LogP contribution >= 0.6 is 0 Å². The Bertz CT molecular complexity index is 1230. The van der Waals surface area contributed by atoms with Crippen LogP contribution in [0.5, 0.6) is 0 Å². The Morgan fingerprint density at radius 3 is 2.84 bits per heavy atom. The van der Waals surface area contributed by atoms with Gasteiger partial charge in [0, 0.05) is 25.8 Å². The van der Waals surface area contributed by atoms with Crippen LogP contribution in [0.2, 0.25) is 0 Å². The van der Waals surface area contributed by atoms with Crippen molar-refractivity contribution in [3.05, 3.63) is 40.2 Å². The van der Waals surface area contributed by atoms with Gasteiger partial charge in [0.05, 0.1) is 22.8 Å². The summed E-state index contributed by atoms with van der Waals surface area (Å²) in [4.78, 5) is 34.8. The topological polar surface area (TPSA) is 117 Å². The molecule has 1 aliphatic heterocycles. The van der Waals surface area contributed by atoms with Gasteiger partial charge in [-0.25, -0.2) is 28.1 Å². The maximum atomic E-state index is 14.0. The molecule has 32 heavy (non-hydrogen) atoms. The van der Waals surface area contributed by atoms with Crippen molar-refractivity contribution in [2.75, 3.05) is 12.9 Å². The number of aromatic nitrogens is 2. The molecular weight excluding hydrogens is 441 g/mol. The Labute approximate surface area is 184 Å². The van der Waals surface area contributed by atoms with E-state index in [0.29, 0.717) is 13.0 Å². The molecule has 0 radical (unpaired) electrons. The first kappa shape index (κ1) is 23.8. The summed E-state index contributed by atoms with van der Waals surface area (Å²) in [5.41, 5.74) is 1.79. The zero-order valence-corrected chi connectivity index (χ0v) is 18.6. The molecule has 0 bridgehead atoms. The van der Waals surface area contributed by atoms with E-state index in [9.17, 15) is 22.4 Å². The van der Waals surface area contributed by atoms with Crippen LogP contribution in [0.3, 0.4) is 0 Å². The smallest absolute Gasteiger partial charge is 0.264 e. The lowest BCUT2D eigenvalue weighted by Crippen LogP contribution is -2.51. The predicted molar refractivity (Wildman–Crippen MR) is 115 cm³/mol. The van der Waals surface area contributed by atoms with E-state index in [1.807, 2.05) is 0 Å². The SMILES string of the molecule is C#Cc1cc2ncn(CCC(C)(C(=O)NOC3CCCCO3)S(C)(=O)=O)c(=O)c2cc1F. The fraction of sp³-hybridized carbons (Fsp3) is 0.476. The van der Waals surface area contributed by atoms with E-state index in [-0.39, 0.29) is 29.4 Å². The summed E-state index contributed by atoms with van der Waals surface area (Å²) in [7, 11) is -3.91. The number of nitrogens with one attached hydrogen (secondary N) is 1. The molecule has 1 aromatic heterocycles. The number of hydrogen-bond acceptors (Lipinski definition) is 7. The molecule has 2 aromatic rings. The Hall–Kier alpha value is -2.81. The van der Waals surface area contributed by atoms with Gasteiger partial charge in [0.2, 0.25) is 0 Å². The van der Waals surface area contributed by atoms with Crippen LogP contribution in [0.4, 0.5) is 4.39 Å². The Kier molecular flexibility index (Phi) is 6.97. The van der Waals surface area contributed by atoms with Crippen LogP contribution in [0.15, 0.2) is 23.3 Å². The first-order chi connectivity index (χ1) is 15.1. The summed E-state index contributed by atoms with van der Waals surface area (Å²) in [6.07, 6.45) is 8.80. The number of rotatable bonds is 7. The van der Waals surface area contributed by atoms with E-state index in [0.717, 1.165) is 29.7 Å². The number of aryl methyl sites for hydroxylation is 1. The number of ether oxygens (including phenoxy) is 1. The zero-order chi connectivity index (χ0) is 23.5. The average molecular weight is 466 g/mol. The molecule has 2 atom stereocenters. The number of nitrogens with zero attached hydrogens (tertiary/aromatic N) is 2. The third-order valence-electron chi connectivity index (χ3n) is 5.62.